The van der Waals surface area contributed by atoms with Crippen molar-refractivity contribution in [3.8, 4) is 0 Å². The molecule has 2 heteroatoms. The van der Waals surface area contributed by atoms with E-state index in [0.717, 1.165) is 19.5 Å². The van der Waals surface area contributed by atoms with E-state index >= 15 is 0 Å². The number of aliphatic hydroxyl groups excluding tert-OH is 1. The zero-order valence-corrected chi connectivity index (χ0v) is 11.5. The molecule has 2 N–H and O–H groups in total. The number of nitrogens with one attached hydrogen (secondary N) is 1. The summed E-state index contributed by atoms with van der Waals surface area (Å²) in [6, 6.07) is 4.47. The Morgan fingerprint density at radius 1 is 1.18 bits per heavy atom. The number of aliphatic hydroxyl groups is 1. The summed E-state index contributed by atoms with van der Waals surface area (Å²) in [4.78, 5) is 0. The topological polar surface area (TPSA) is 32.3 Å². The Bertz CT molecular complexity index is 337. The van der Waals surface area contributed by atoms with Gasteiger partial charge in [0.25, 0.3) is 0 Å². The first-order valence-corrected chi connectivity index (χ1v) is 6.43. The second-order valence-electron chi connectivity index (χ2n) is 5.13. The first kappa shape index (κ1) is 14.2. The fourth-order valence-corrected chi connectivity index (χ4v) is 2.25. The smallest absolute Gasteiger partial charge is 0.0434 e. The van der Waals surface area contributed by atoms with Gasteiger partial charge in [-0.3, -0.25) is 0 Å². The highest BCUT2D eigenvalue weighted by molar-refractivity contribution is 5.37. The van der Waals surface area contributed by atoms with Crippen LogP contribution < -0.4 is 5.32 Å². The predicted octanol–water partition coefficient (Wildman–Crippen LogP) is 2.72. The maximum Gasteiger partial charge on any atom is 0.0434 e. The molecule has 0 saturated heterocycles. The molecule has 0 aliphatic rings. The molecule has 96 valence electrons. The van der Waals surface area contributed by atoms with Crippen molar-refractivity contribution in [1.29, 1.82) is 0 Å². The van der Waals surface area contributed by atoms with Gasteiger partial charge in [0, 0.05) is 13.2 Å². The SMILES string of the molecule is Cc1cc(C)c(CNCC(C)CCO)c(C)c1. The summed E-state index contributed by atoms with van der Waals surface area (Å²) in [5, 5.41) is 12.3. The third kappa shape index (κ3) is 4.49. The zero-order chi connectivity index (χ0) is 12.8. The first-order chi connectivity index (χ1) is 8.04. The van der Waals surface area contributed by atoms with E-state index < -0.39 is 0 Å². The molecule has 1 atom stereocenters. The van der Waals surface area contributed by atoms with Gasteiger partial charge in [0.05, 0.1) is 0 Å². The number of hydrogen-bond donors (Lipinski definition) is 2. The van der Waals surface area contributed by atoms with E-state index in [-0.39, 0.29) is 6.61 Å². The molecule has 1 rings (SSSR count). The van der Waals surface area contributed by atoms with Crippen LogP contribution in [0.5, 0.6) is 0 Å². The number of aryl methyl sites for hydroxylation is 3. The minimum atomic E-state index is 0.283. The Morgan fingerprint density at radius 3 is 2.29 bits per heavy atom. The summed E-state index contributed by atoms with van der Waals surface area (Å²) in [5.74, 6) is 0.533. The molecular formula is C15H25NO. The normalized spacial score (nSPS) is 12.8. The summed E-state index contributed by atoms with van der Waals surface area (Å²) >= 11 is 0. The van der Waals surface area contributed by atoms with Gasteiger partial charge in [0.1, 0.15) is 0 Å². The third-order valence-electron chi connectivity index (χ3n) is 3.26. The van der Waals surface area contributed by atoms with E-state index in [1.54, 1.807) is 0 Å². The van der Waals surface area contributed by atoms with Crippen LogP contribution in [0.15, 0.2) is 12.1 Å². The van der Waals surface area contributed by atoms with Crippen LogP contribution in [0.2, 0.25) is 0 Å². The van der Waals surface area contributed by atoms with Gasteiger partial charge in [-0.2, -0.15) is 0 Å². The van der Waals surface area contributed by atoms with Crippen LogP contribution in [0.3, 0.4) is 0 Å². The molecule has 1 aromatic carbocycles. The van der Waals surface area contributed by atoms with Crippen molar-refractivity contribution in [3.63, 3.8) is 0 Å². The van der Waals surface area contributed by atoms with Crippen LogP contribution in [0.4, 0.5) is 0 Å². The first-order valence-electron chi connectivity index (χ1n) is 6.43. The second kappa shape index (κ2) is 6.77. The maximum absolute atomic E-state index is 8.84. The lowest BCUT2D eigenvalue weighted by Crippen LogP contribution is -2.22. The lowest BCUT2D eigenvalue weighted by Gasteiger charge is -2.15. The molecule has 0 amide bonds. The number of rotatable bonds is 6. The van der Waals surface area contributed by atoms with Crippen LogP contribution in [0.25, 0.3) is 0 Å². The Kier molecular flexibility index (Phi) is 5.66. The van der Waals surface area contributed by atoms with E-state index in [2.05, 4.69) is 45.1 Å². The zero-order valence-electron chi connectivity index (χ0n) is 11.5. The average Bonchev–Trinajstić information content (AvgIpc) is 2.22. The summed E-state index contributed by atoms with van der Waals surface area (Å²) in [7, 11) is 0. The largest absolute Gasteiger partial charge is 0.396 e. The molecule has 0 bridgehead atoms. The van der Waals surface area contributed by atoms with Crippen LogP contribution >= 0.6 is 0 Å². The van der Waals surface area contributed by atoms with Gasteiger partial charge in [0.2, 0.25) is 0 Å². The summed E-state index contributed by atoms with van der Waals surface area (Å²) in [6.07, 6.45) is 0.874. The molecular weight excluding hydrogens is 210 g/mol. The molecule has 1 unspecified atom stereocenters. The molecule has 0 saturated carbocycles. The van der Waals surface area contributed by atoms with E-state index in [9.17, 15) is 0 Å². The van der Waals surface area contributed by atoms with Gasteiger partial charge in [0.15, 0.2) is 0 Å². The third-order valence-corrected chi connectivity index (χ3v) is 3.26. The van der Waals surface area contributed by atoms with Crippen molar-refractivity contribution in [2.24, 2.45) is 5.92 Å². The van der Waals surface area contributed by atoms with E-state index in [4.69, 9.17) is 5.11 Å². The van der Waals surface area contributed by atoms with Crippen molar-refractivity contribution in [2.45, 2.75) is 40.7 Å². The molecule has 0 radical (unpaired) electrons. The highest BCUT2D eigenvalue weighted by Gasteiger charge is 2.05. The van der Waals surface area contributed by atoms with Crippen LogP contribution in [0, 0.1) is 26.7 Å². The van der Waals surface area contributed by atoms with Crippen molar-refractivity contribution < 1.29 is 5.11 Å². The average molecular weight is 235 g/mol. The van der Waals surface area contributed by atoms with Gasteiger partial charge in [-0.05, 0) is 56.3 Å². The Balaban J connectivity index is 2.52. The van der Waals surface area contributed by atoms with Crippen molar-refractivity contribution >= 4 is 0 Å². The van der Waals surface area contributed by atoms with Crippen molar-refractivity contribution in [1.82, 2.24) is 5.32 Å². The standard InChI is InChI=1S/C15H25NO/c1-11(5-6-17)9-16-10-15-13(3)7-12(2)8-14(15)4/h7-8,11,16-17H,5-6,9-10H2,1-4H3. The fourth-order valence-electron chi connectivity index (χ4n) is 2.25. The molecule has 2 nitrogen and oxygen atoms in total. The molecule has 0 aliphatic heterocycles. The highest BCUT2D eigenvalue weighted by Crippen LogP contribution is 2.16. The van der Waals surface area contributed by atoms with E-state index in [0.29, 0.717) is 5.92 Å². The Morgan fingerprint density at radius 2 is 1.76 bits per heavy atom. The quantitative estimate of drug-likeness (QED) is 0.794. The lowest BCUT2D eigenvalue weighted by atomic mass is 9.99. The summed E-state index contributed by atoms with van der Waals surface area (Å²) in [5.41, 5.74) is 5.47. The van der Waals surface area contributed by atoms with Crippen LogP contribution in [-0.4, -0.2) is 18.3 Å². The van der Waals surface area contributed by atoms with Gasteiger partial charge in [-0.1, -0.05) is 24.6 Å². The molecule has 0 aromatic heterocycles. The van der Waals surface area contributed by atoms with Gasteiger partial charge >= 0.3 is 0 Å². The highest BCUT2D eigenvalue weighted by atomic mass is 16.3. The summed E-state index contributed by atoms with van der Waals surface area (Å²) < 4.78 is 0. The van der Waals surface area contributed by atoms with Crippen LogP contribution in [-0.2, 0) is 6.54 Å². The molecule has 0 heterocycles. The fraction of sp³-hybridized carbons (Fsp3) is 0.600. The summed E-state index contributed by atoms with van der Waals surface area (Å²) in [6.45, 7) is 10.8. The molecule has 0 aliphatic carbocycles. The number of benzene rings is 1. The van der Waals surface area contributed by atoms with Gasteiger partial charge < -0.3 is 10.4 Å². The van der Waals surface area contributed by atoms with E-state index in [1.165, 1.54) is 22.3 Å². The minimum absolute atomic E-state index is 0.283. The molecule has 0 spiro atoms. The Hall–Kier alpha value is -0.860. The monoisotopic (exact) mass is 235 g/mol. The molecule has 17 heavy (non-hydrogen) atoms. The predicted molar refractivity (Wildman–Crippen MR) is 73.2 cm³/mol. The number of hydrogen-bond acceptors (Lipinski definition) is 2. The van der Waals surface area contributed by atoms with Gasteiger partial charge in [-0.15, -0.1) is 0 Å². The van der Waals surface area contributed by atoms with Crippen molar-refractivity contribution in [3.05, 3.63) is 34.4 Å². The molecule has 1 aromatic rings. The van der Waals surface area contributed by atoms with Crippen LogP contribution in [0.1, 0.15) is 35.6 Å². The maximum atomic E-state index is 8.84. The van der Waals surface area contributed by atoms with Crippen molar-refractivity contribution in [2.75, 3.05) is 13.2 Å². The molecule has 0 fully saturated rings. The van der Waals surface area contributed by atoms with E-state index in [1.807, 2.05) is 0 Å². The lowest BCUT2D eigenvalue weighted by molar-refractivity contribution is 0.260. The second-order valence-corrected chi connectivity index (χ2v) is 5.13. The Labute approximate surface area is 105 Å². The van der Waals surface area contributed by atoms with Gasteiger partial charge in [-0.25, -0.2) is 0 Å². The minimum Gasteiger partial charge on any atom is -0.396 e.